The van der Waals surface area contributed by atoms with E-state index >= 15 is 0 Å². The molecule has 0 unspecified atom stereocenters. The van der Waals surface area contributed by atoms with E-state index in [9.17, 15) is 14.3 Å². The van der Waals surface area contributed by atoms with Crippen molar-refractivity contribution in [1.82, 2.24) is 4.90 Å². The molecule has 1 rings (SSSR count). The van der Waals surface area contributed by atoms with E-state index in [1.165, 1.54) is 6.92 Å². The topological polar surface area (TPSA) is 40.5 Å². The molecule has 0 radical (unpaired) electrons. The van der Waals surface area contributed by atoms with Gasteiger partial charge in [-0.3, -0.25) is 4.79 Å². The first-order valence-corrected chi connectivity index (χ1v) is 4.96. The van der Waals surface area contributed by atoms with Crippen LogP contribution < -0.4 is 0 Å². The van der Waals surface area contributed by atoms with E-state index in [2.05, 4.69) is 0 Å². The largest absolute Gasteiger partial charge is 0.507 e. The van der Waals surface area contributed by atoms with Crippen molar-refractivity contribution < 1.29 is 17.0 Å². The van der Waals surface area contributed by atoms with Gasteiger partial charge in [0.25, 0.3) is 5.91 Å². The van der Waals surface area contributed by atoms with Gasteiger partial charge in [-0.05, 0) is 39.0 Å². The van der Waals surface area contributed by atoms with E-state index in [4.69, 9.17) is 2.74 Å². The Morgan fingerprint density at radius 3 is 2.75 bits per heavy atom. The molecular weight excluding hydrogens is 209 g/mol. The van der Waals surface area contributed by atoms with E-state index in [0.717, 1.165) is 23.1 Å². The Hall–Kier alpha value is -1.58. The summed E-state index contributed by atoms with van der Waals surface area (Å²) in [7, 11) is 0. The molecule has 0 spiro atoms. The molecule has 0 aliphatic heterocycles. The molecule has 1 N–H and O–H groups in total. The number of phenolic OH excluding ortho intramolecular Hbond substituents is 1. The minimum atomic E-state index is -1.90. The Balaban J connectivity index is 3.22. The highest BCUT2D eigenvalue weighted by molar-refractivity contribution is 5.97. The van der Waals surface area contributed by atoms with Gasteiger partial charge < -0.3 is 10.0 Å². The van der Waals surface area contributed by atoms with E-state index in [1.807, 2.05) is 0 Å². The number of rotatable bonds is 3. The standard InChI is InChI=1S/C12H16FNO2/c1-4-14(8(2)3)12(16)10-7-9(13)5-6-11(10)15/h5-8,15H,4H2,1-3H3/i4D2. The molecule has 0 atom stereocenters. The number of benzene rings is 1. The van der Waals surface area contributed by atoms with Crippen LogP contribution in [0.2, 0.25) is 0 Å². The normalized spacial score (nSPS) is 13.3. The Bertz CT molecular complexity index is 458. The first kappa shape index (κ1) is 9.63. The molecule has 1 amide bonds. The third-order valence-corrected chi connectivity index (χ3v) is 2.17. The maximum Gasteiger partial charge on any atom is 0.257 e. The van der Waals surface area contributed by atoms with Crippen molar-refractivity contribution in [1.29, 1.82) is 0 Å². The lowest BCUT2D eigenvalue weighted by atomic mass is 10.1. The van der Waals surface area contributed by atoms with E-state index < -0.39 is 24.3 Å². The Labute approximate surface area is 97.3 Å². The van der Waals surface area contributed by atoms with Crippen LogP contribution in [0.5, 0.6) is 5.75 Å². The molecule has 0 aliphatic carbocycles. The Kier molecular flexibility index (Phi) is 2.99. The van der Waals surface area contributed by atoms with Crippen LogP contribution in [0.15, 0.2) is 18.2 Å². The number of hydrogen-bond acceptors (Lipinski definition) is 2. The van der Waals surface area contributed by atoms with Crippen molar-refractivity contribution in [3.05, 3.63) is 29.6 Å². The van der Waals surface area contributed by atoms with Crippen molar-refractivity contribution in [3.63, 3.8) is 0 Å². The van der Waals surface area contributed by atoms with Crippen LogP contribution in [0.25, 0.3) is 0 Å². The maximum atomic E-state index is 13.1. The summed E-state index contributed by atoms with van der Waals surface area (Å²) < 4.78 is 28.3. The summed E-state index contributed by atoms with van der Waals surface area (Å²) in [6.45, 7) is 2.64. The number of carbonyl (C=O) groups excluding carboxylic acids is 1. The molecule has 0 aliphatic rings. The van der Waals surface area contributed by atoms with Crippen molar-refractivity contribution in [2.24, 2.45) is 0 Å². The molecule has 0 saturated carbocycles. The number of aromatic hydroxyl groups is 1. The van der Waals surface area contributed by atoms with Gasteiger partial charge in [0.2, 0.25) is 0 Å². The van der Waals surface area contributed by atoms with Crippen LogP contribution in [0.1, 0.15) is 33.9 Å². The second-order valence-corrected chi connectivity index (χ2v) is 3.65. The smallest absolute Gasteiger partial charge is 0.257 e. The van der Waals surface area contributed by atoms with Gasteiger partial charge in [-0.25, -0.2) is 4.39 Å². The predicted molar refractivity (Wildman–Crippen MR) is 59.9 cm³/mol. The average Bonchev–Trinajstić information content (AvgIpc) is 2.18. The van der Waals surface area contributed by atoms with Crippen LogP contribution in [-0.4, -0.2) is 28.5 Å². The number of carbonyl (C=O) groups is 1. The van der Waals surface area contributed by atoms with E-state index in [0.29, 0.717) is 0 Å². The van der Waals surface area contributed by atoms with Gasteiger partial charge in [0.15, 0.2) is 0 Å². The molecule has 0 heterocycles. The van der Waals surface area contributed by atoms with Gasteiger partial charge in [-0.15, -0.1) is 0 Å². The summed E-state index contributed by atoms with van der Waals surface area (Å²) in [5.74, 6) is -1.76. The number of nitrogens with zero attached hydrogens (tertiary/aromatic N) is 1. The molecule has 16 heavy (non-hydrogen) atoms. The van der Waals surface area contributed by atoms with Crippen LogP contribution in [0.4, 0.5) is 4.39 Å². The summed E-state index contributed by atoms with van der Waals surface area (Å²) in [6, 6.07) is 2.59. The van der Waals surface area contributed by atoms with Gasteiger partial charge in [-0.1, -0.05) is 0 Å². The number of amides is 1. The quantitative estimate of drug-likeness (QED) is 0.861. The van der Waals surface area contributed by atoms with Gasteiger partial charge in [-0.2, -0.15) is 0 Å². The second-order valence-electron chi connectivity index (χ2n) is 3.65. The number of hydrogen-bond donors (Lipinski definition) is 1. The highest BCUT2D eigenvalue weighted by Gasteiger charge is 2.20. The van der Waals surface area contributed by atoms with E-state index in [-0.39, 0.29) is 11.3 Å². The summed E-state index contributed by atoms with van der Waals surface area (Å²) in [4.78, 5) is 13.1. The summed E-state index contributed by atoms with van der Waals surface area (Å²) in [6.07, 6.45) is 0. The van der Waals surface area contributed by atoms with Gasteiger partial charge in [0.1, 0.15) is 11.6 Å². The fourth-order valence-corrected chi connectivity index (χ4v) is 1.40. The molecule has 0 saturated heterocycles. The fraction of sp³-hybridized carbons (Fsp3) is 0.417. The van der Waals surface area contributed by atoms with Crippen LogP contribution in [0, 0.1) is 5.82 Å². The zero-order valence-corrected chi connectivity index (χ0v) is 9.49. The van der Waals surface area contributed by atoms with Gasteiger partial charge >= 0.3 is 0 Å². The van der Waals surface area contributed by atoms with Crippen molar-refractivity contribution in [2.75, 3.05) is 6.50 Å². The zero-order chi connectivity index (χ0) is 14.1. The van der Waals surface area contributed by atoms with Crippen LogP contribution in [-0.2, 0) is 0 Å². The summed E-state index contributed by atoms with van der Waals surface area (Å²) >= 11 is 0. The molecule has 0 aromatic heterocycles. The third kappa shape index (κ3) is 2.51. The molecule has 3 nitrogen and oxygen atoms in total. The highest BCUT2D eigenvalue weighted by Crippen LogP contribution is 2.20. The van der Waals surface area contributed by atoms with Crippen LogP contribution in [0.3, 0.4) is 0 Å². The van der Waals surface area contributed by atoms with Gasteiger partial charge in [0, 0.05) is 15.3 Å². The molecule has 0 fully saturated rings. The van der Waals surface area contributed by atoms with Crippen molar-refractivity contribution in [3.8, 4) is 5.75 Å². The summed E-state index contributed by atoms with van der Waals surface area (Å²) in [5, 5.41) is 9.57. The summed E-state index contributed by atoms with van der Waals surface area (Å²) in [5.41, 5.74) is -0.241. The fourth-order valence-electron chi connectivity index (χ4n) is 1.40. The minimum absolute atomic E-state index is 0.241. The van der Waals surface area contributed by atoms with Gasteiger partial charge in [0.05, 0.1) is 5.56 Å². The third-order valence-electron chi connectivity index (χ3n) is 2.17. The number of halogens is 1. The average molecular weight is 227 g/mol. The molecule has 4 heteroatoms. The maximum absolute atomic E-state index is 13.1. The minimum Gasteiger partial charge on any atom is -0.507 e. The van der Waals surface area contributed by atoms with Crippen molar-refractivity contribution >= 4 is 5.91 Å². The SMILES string of the molecule is [2H]C([2H])(C)N(C(=O)c1cc(F)ccc1O)C(C)C. The predicted octanol–water partition coefficient (Wildman–Crippen LogP) is 2.40. The Morgan fingerprint density at radius 1 is 1.62 bits per heavy atom. The second kappa shape index (κ2) is 4.96. The lowest BCUT2D eigenvalue weighted by Gasteiger charge is -2.25. The first-order chi connectivity index (χ1) is 8.14. The lowest BCUT2D eigenvalue weighted by molar-refractivity contribution is 0.0713. The number of phenols is 1. The molecule has 1 aromatic carbocycles. The van der Waals surface area contributed by atoms with Crippen molar-refractivity contribution in [2.45, 2.75) is 26.8 Å². The molecule has 0 bridgehead atoms. The molecule has 88 valence electrons. The zero-order valence-electron chi connectivity index (χ0n) is 11.5. The highest BCUT2D eigenvalue weighted by atomic mass is 19.1. The van der Waals surface area contributed by atoms with Crippen LogP contribution >= 0.6 is 0 Å². The Morgan fingerprint density at radius 2 is 2.25 bits per heavy atom. The lowest BCUT2D eigenvalue weighted by Crippen LogP contribution is -2.36. The first-order valence-electron chi connectivity index (χ1n) is 5.96. The monoisotopic (exact) mass is 227 g/mol. The molecule has 1 aromatic rings. The van der Waals surface area contributed by atoms with E-state index in [1.54, 1.807) is 13.8 Å². The molecular formula is C12H16FNO2.